The van der Waals surface area contributed by atoms with Gasteiger partial charge in [0.2, 0.25) is 0 Å². The smallest absolute Gasteiger partial charge is 0.400 e. The number of aromatic nitrogens is 1. The Morgan fingerprint density at radius 3 is 2.32 bits per heavy atom. The molecule has 4 N–H and O–H groups in total. The summed E-state index contributed by atoms with van der Waals surface area (Å²) in [5.41, 5.74) is 14.1. The molecule has 0 spiro atoms. The number of rotatable bonds is 3. The third-order valence-electron chi connectivity index (χ3n) is 4.54. The van der Waals surface area contributed by atoms with Crippen molar-refractivity contribution in [1.29, 1.82) is 0 Å². The molecule has 0 aliphatic carbocycles. The highest BCUT2D eigenvalue weighted by atomic mass is 32.1. The fourth-order valence-electron chi connectivity index (χ4n) is 2.18. The van der Waals surface area contributed by atoms with Crippen LogP contribution >= 0.6 is 12.6 Å². The molecule has 5 nitrogen and oxygen atoms in total. The van der Waals surface area contributed by atoms with Crippen LogP contribution in [0, 0.1) is 6.92 Å². The van der Waals surface area contributed by atoms with Crippen molar-refractivity contribution in [3.05, 3.63) is 22.8 Å². The van der Waals surface area contributed by atoms with Crippen molar-refractivity contribution in [1.82, 2.24) is 4.98 Å². The van der Waals surface area contributed by atoms with Gasteiger partial charge in [-0.15, -0.1) is 0 Å². The molecule has 1 fully saturated rings. The van der Waals surface area contributed by atoms with E-state index in [2.05, 4.69) is 17.6 Å². The van der Waals surface area contributed by atoms with Gasteiger partial charge in [0.05, 0.1) is 16.9 Å². The van der Waals surface area contributed by atoms with Gasteiger partial charge in [0, 0.05) is 11.9 Å². The van der Waals surface area contributed by atoms with E-state index in [9.17, 15) is 0 Å². The monoisotopic (exact) mass is 321 g/mol. The lowest BCUT2D eigenvalue weighted by Gasteiger charge is -2.32. The Hall–Kier alpha value is -1.18. The van der Waals surface area contributed by atoms with Gasteiger partial charge < -0.3 is 20.8 Å². The lowest BCUT2D eigenvalue weighted by atomic mass is 9.78. The molecule has 0 amide bonds. The zero-order valence-electron chi connectivity index (χ0n) is 13.8. The van der Waals surface area contributed by atoms with E-state index >= 15 is 0 Å². The van der Waals surface area contributed by atoms with E-state index in [0.29, 0.717) is 17.3 Å². The van der Waals surface area contributed by atoms with Gasteiger partial charge in [0.25, 0.3) is 0 Å². The quantitative estimate of drug-likeness (QED) is 0.588. The van der Waals surface area contributed by atoms with Gasteiger partial charge in [-0.2, -0.15) is 12.6 Å². The molecule has 22 heavy (non-hydrogen) atoms. The number of thiol groups is 1. The summed E-state index contributed by atoms with van der Waals surface area (Å²) in [6.45, 7) is 10.0. The topological polar surface area (TPSA) is 83.4 Å². The van der Waals surface area contributed by atoms with Crippen LogP contribution in [-0.4, -0.2) is 29.1 Å². The van der Waals surface area contributed by atoms with Crippen molar-refractivity contribution < 1.29 is 9.31 Å². The molecule has 0 atom stereocenters. The Kier molecular flexibility index (Phi) is 4.52. The first-order valence-electron chi connectivity index (χ1n) is 7.26. The Labute approximate surface area is 138 Å². The predicted octanol–water partition coefficient (Wildman–Crippen LogP) is 2.50. The van der Waals surface area contributed by atoms with Crippen LogP contribution in [0.15, 0.2) is 11.7 Å². The average Bonchev–Trinajstić information content (AvgIpc) is 2.64. The molecular formula is C15H24BN3O2S. The van der Waals surface area contributed by atoms with E-state index in [1.165, 1.54) is 0 Å². The number of nitrogens with two attached hydrogens (primary N) is 2. The van der Waals surface area contributed by atoms with Gasteiger partial charge in [0.1, 0.15) is 5.82 Å². The maximum Gasteiger partial charge on any atom is 0.491 e. The molecule has 1 aliphatic heterocycles. The van der Waals surface area contributed by atoms with E-state index < -0.39 is 7.12 Å². The first-order chi connectivity index (χ1) is 10.1. The number of anilines is 2. The molecule has 0 aromatic carbocycles. The lowest BCUT2D eigenvalue weighted by molar-refractivity contribution is 0.00578. The average molecular weight is 321 g/mol. The van der Waals surface area contributed by atoms with Crippen LogP contribution in [0.4, 0.5) is 11.5 Å². The zero-order chi connectivity index (χ0) is 16.7. The summed E-state index contributed by atoms with van der Waals surface area (Å²) in [6, 6.07) is 0. The van der Waals surface area contributed by atoms with E-state index in [-0.39, 0.29) is 11.2 Å². The van der Waals surface area contributed by atoms with Gasteiger partial charge in [-0.25, -0.2) is 4.98 Å². The fraction of sp³-hybridized carbons (Fsp3) is 0.533. The van der Waals surface area contributed by atoms with E-state index in [1.807, 2.05) is 40.7 Å². The summed E-state index contributed by atoms with van der Waals surface area (Å²) in [6.07, 6.45) is 3.67. The van der Waals surface area contributed by atoms with E-state index in [0.717, 1.165) is 16.6 Å². The van der Waals surface area contributed by atoms with Crippen LogP contribution in [0.3, 0.4) is 0 Å². The molecule has 0 saturated carbocycles. The van der Waals surface area contributed by atoms with Gasteiger partial charge >= 0.3 is 7.12 Å². The second kappa shape index (κ2) is 5.79. The summed E-state index contributed by atoms with van der Waals surface area (Å²) >= 11 is 4.41. The molecule has 1 aromatic heterocycles. The summed E-state index contributed by atoms with van der Waals surface area (Å²) in [5, 5.41) is 0. The highest BCUT2D eigenvalue weighted by molar-refractivity contribution is 7.80. The van der Waals surface area contributed by atoms with Crippen molar-refractivity contribution in [2.75, 3.05) is 17.2 Å². The second-order valence-corrected chi connectivity index (χ2v) is 6.92. The maximum atomic E-state index is 6.07. The number of pyridine rings is 1. The summed E-state index contributed by atoms with van der Waals surface area (Å²) in [7, 11) is -0.430. The number of hydrogen-bond donors (Lipinski definition) is 3. The molecule has 0 radical (unpaired) electrons. The van der Waals surface area contributed by atoms with Crippen LogP contribution in [0.2, 0.25) is 0 Å². The largest absolute Gasteiger partial charge is 0.491 e. The Morgan fingerprint density at radius 1 is 1.27 bits per heavy atom. The zero-order valence-corrected chi connectivity index (χ0v) is 14.7. The maximum absolute atomic E-state index is 6.07. The van der Waals surface area contributed by atoms with Crippen molar-refractivity contribution >= 4 is 37.3 Å². The van der Waals surface area contributed by atoms with Crippen LogP contribution < -0.4 is 11.5 Å². The molecule has 7 heteroatoms. The molecule has 0 unspecified atom stereocenters. The molecule has 2 rings (SSSR count). The third kappa shape index (κ3) is 2.98. The summed E-state index contributed by atoms with van der Waals surface area (Å²) in [5.74, 6) is 0.860. The standard InChI is InChI=1S/C15H24BN3O2S/c1-9-10(7-19-13(18)12(9)17)6-11(8-22)16-20-14(2,3)15(4,5)21-16/h6-7,22H,8,17H2,1-5H3,(H2,18,19). The van der Waals surface area contributed by atoms with Gasteiger partial charge in [-0.1, -0.05) is 6.08 Å². The fourth-order valence-corrected chi connectivity index (χ4v) is 2.42. The molecule has 120 valence electrons. The Balaban J connectivity index is 2.36. The molecule has 1 aliphatic rings. The van der Waals surface area contributed by atoms with Crippen molar-refractivity contribution in [3.8, 4) is 0 Å². The minimum atomic E-state index is -0.430. The molecule has 1 aromatic rings. The minimum absolute atomic E-state index is 0.345. The Morgan fingerprint density at radius 2 is 1.82 bits per heavy atom. The van der Waals surface area contributed by atoms with Gasteiger partial charge in [0.15, 0.2) is 0 Å². The number of nitrogen functional groups attached to an aromatic ring is 2. The molecule has 1 saturated heterocycles. The van der Waals surface area contributed by atoms with E-state index in [4.69, 9.17) is 20.8 Å². The molecular weight excluding hydrogens is 297 g/mol. The second-order valence-electron chi connectivity index (χ2n) is 6.60. The van der Waals surface area contributed by atoms with Crippen LogP contribution in [0.5, 0.6) is 0 Å². The van der Waals surface area contributed by atoms with Crippen LogP contribution in [0.25, 0.3) is 6.08 Å². The number of hydrogen-bond acceptors (Lipinski definition) is 6. The van der Waals surface area contributed by atoms with Crippen molar-refractivity contribution in [2.45, 2.75) is 45.8 Å². The summed E-state index contributed by atoms with van der Waals surface area (Å²) < 4.78 is 12.1. The minimum Gasteiger partial charge on any atom is -0.400 e. The van der Waals surface area contributed by atoms with Crippen molar-refractivity contribution in [3.63, 3.8) is 0 Å². The number of nitrogens with zero attached hydrogens (tertiary/aromatic N) is 1. The highest BCUT2D eigenvalue weighted by Crippen LogP contribution is 2.39. The highest BCUT2D eigenvalue weighted by Gasteiger charge is 2.52. The van der Waals surface area contributed by atoms with Gasteiger partial charge in [-0.3, -0.25) is 0 Å². The third-order valence-corrected chi connectivity index (χ3v) is 4.90. The van der Waals surface area contributed by atoms with E-state index in [1.54, 1.807) is 6.20 Å². The summed E-state index contributed by atoms with van der Waals surface area (Å²) in [4.78, 5) is 4.11. The van der Waals surface area contributed by atoms with Crippen LogP contribution in [-0.2, 0) is 9.31 Å². The predicted molar refractivity (Wildman–Crippen MR) is 95.7 cm³/mol. The normalized spacial score (nSPS) is 20.5. The molecule has 2 heterocycles. The van der Waals surface area contributed by atoms with Gasteiger partial charge in [-0.05, 0) is 51.2 Å². The van der Waals surface area contributed by atoms with Crippen LogP contribution in [0.1, 0.15) is 38.8 Å². The SMILES string of the molecule is Cc1c(C=C(CS)B2OC(C)(C)C(C)(C)O2)cnc(N)c1N. The Bertz CT molecular complexity index is 601. The lowest BCUT2D eigenvalue weighted by Crippen LogP contribution is -2.41. The first-order valence-corrected chi connectivity index (χ1v) is 7.90. The first kappa shape index (κ1) is 17.2. The molecule has 0 bridgehead atoms. The van der Waals surface area contributed by atoms with Crippen molar-refractivity contribution in [2.24, 2.45) is 0 Å².